The highest BCUT2D eigenvalue weighted by atomic mass is 19.3. The van der Waals surface area contributed by atoms with Crippen molar-refractivity contribution >= 4 is 11.7 Å². The summed E-state index contributed by atoms with van der Waals surface area (Å²) in [6.07, 6.45) is 0. The minimum atomic E-state index is -4.05. The number of rotatable bonds is 5. The van der Waals surface area contributed by atoms with Crippen molar-refractivity contribution in [3.05, 3.63) is 23.8 Å². The molecule has 1 aromatic rings. The molecule has 1 aromatic carbocycles. The number of carbonyl (C=O) groups excluding carboxylic acids is 2. The van der Waals surface area contributed by atoms with E-state index >= 15 is 0 Å². The third kappa shape index (κ3) is 3.60. The predicted molar refractivity (Wildman–Crippen MR) is 78.8 cm³/mol. The Morgan fingerprint density at radius 3 is 2.35 bits per heavy atom. The lowest BCUT2D eigenvalue weighted by atomic mass is 10.0. The molecule has 0 bridgehead atoms. The number of carbonyl (C=O) groups is 2. The van der Waals surface area contributed by atoms with Gasteiger partial charge in [0, 0.05) is 5.92 Å². The van der Waals surface area contributed by atoms with Crippen LogP contribution in [0.15, 0.2) is 18.2 Å². The third-order valence-corrected chi connectivity index (χ3v) is 3.53. The van der Waals surface area contributed by atoms with Crippen LogP contribution in [-0.2, 0) is 9.59 Å². The SMILES string of the molecule is CC(C)C(=O)C(F)(F)C(=O)N[C@H](C)c1ccc2c(c1)OCCO2. The van der Waals surface area contributed by atoms with Crippen LogP contribution in [0.5, 0.6) is 11.5 Å². The van der Waals surface area contributed by atoms with Crippen molar-refractivity contribution < 1.29 is 27.8 Å². The van der Waals surface area contributed by atoms with Crippen LogP contribution in [0.1, 0.15) is 32.4 Å². The fourth-order valence-electron chi connectivity index (χ4n) is 2.17. The van der Waals surface area contributed by atoms with Gasteiger partial charge in [0.05, 0.1) is 6.04 Å². The average molecular weight is 327 g/mol. The number of Topliss-reactive ketones (excluding diaryl/α,β-unsaturated/α-hetero) is 1. The Morgan fingerprint density at radius 1 is 1.13 bits per heavy atom. The number of amides is 1. The molecule has 0 radical (unpaired) electrons. The number of benzene rings is 1. The van der Waals surface area contributed by atoms with Crippen molar-refractivity contribution in [1.82, 2.24) is 5.32 Å². The van der Waals surface area contributed by atoms with Crippen LogP contribution in [0.2, 0.25) is 0 Å². The molecule has 5 nitrogen and oxygen atoms in total. The molecule has 1 aliphatic rings. The highest BCUT2D eigenvalue weighted by Gasteiger charge is 2.48. The summed E-state index contributed by atoms with van der Waals surface area (Å²) in [5, 5.41) is 2.17. The lowest BCUT2D eigenvalue weighted by molar-refractivity contribution is -0.160. The zero-order chi connectivity index (χ0) is 17.2. The summed E-state index contributed by atoms with van der Waals surface area (Å²) in [6.45, 7) is 5.06. The standard InChI is InChI=1S/C16H19F2NO4/c1-9(2)14(20)16(17,18)15(21)19-10(3)11-4-5-12-13(8-11)23-7-6-22-12/h4-5,8-10H,6-7H2,1-3H3,(H,19,21)/t10-/m1/s1. The first-order chi connectivity index (χ1) is 10.7. The summed E-state index contributed by atoms with van der Waals surface area (Å²) in [6, 6.07) is 4.23. The molecule has 23 heavy (non-hydrogen) atoms. The van der Waals surface area contributed by atoms with E-state index in [1.807, 2.05) is 0 Å². The Bertz CT molecular complexity index is 616. The lowest BCUT2D eigenvalue weighted by Crippen LogP contribution is -2.48. The quantitative estimate of drug-likeness (QED) is 0.844. The molecule has 1 amide bonds. The number of hydrogen-bond acceptors (Lipinski definition) is 4. The van der Waals surface area contributed by atoms with E-state index in [-0.39, 0.29) is 0 Å². The first-order valence-corrected chi connectivity index (χ1v) is 7.36. The second kappa shape index (κ2) is 6.52. The second-order valence-corrected chi connectivity index (χ2v) is 5.69. The Balaban J connectivity index is 2.11. The third-order valence-electron chi connectivity index (χ3n) is 3.53. The van der Waals surface area contributed by atoms with Crippen molar-refractivity contribution in [2.24, 2.45) is 5.92 Å². The van der Waals surface area contributed by atoms with Gasteiger partial charge in [-0.2, -0.15) is 8.78 Å². The number of hydrogen-bond donors (Lipinski definition) is 1. The molecule has 1 atom stereocenters. The topological polar surface area (TPSA) is 64.6 Å². The van der Waals surface area contributed by atoms with E-state index < -0.39 is 29.6 Å². The molecule has 126 valence electrons. The highest BCUT2D eigenvalue weighted by molar-refractivity contribution is 6.08. The molecule has 0 spiro atoms. The van der Waals surface area contributed by atoms with Crippen LogP contribution >= 0.6 is 0 Å². The van der Waals surface area contributed by atoms with Crippen LogP contribution in [-0.4, -0.2) is 30.8 Å². The maximum atomic E-state index is 13.8. The van der Waals surface area contributed by atoms with Gasteiger partial charge in [0.2, 0.25) is 5.78 Å². The Kier molecular flexibility index (Phi) is 4.87. The minimum absolute atomic E-state index is 0.401. The zero-order valence-corrected chi connectivity index (χ0v) is 13.2. The maximum Gasteiger partial charge on any atom is 0.381 e. The number of fused-ring (bicyclic) bond motifs is 1. The zero-order valence-electron chi connectivity index (χ0n) is 13.2. The molecule has 1 heterocycles. The van der Waals surface area contributed by atoms with Crippen molar-refractivity contribution in [2.75, 3.05) is 13.2 Å². The van der Waals surface area contributed by atoms with Crippen LogP contribution in [0.4, 0.5) is 8.78 Å². The average Bonchev–Trinajstić information content (AvgIpc) is 2.53. The molecule has 2 rings (SSSR count). The van der Waals surface area contributed by atoms with E-state index in [2.05, 4.69) is 5.32 Å². The summed E-state index contributed by atoms with van der Waals surface area (Å²) in [5.74, 6) is -6.90. The first-order valence-electron chi connectivity index (χ1n) is 7.36. The summed E-state index contributed by atoms with van der Waals surface area (Å²) in [7, 11) is 0. The summed E-state index contributed by atoms with van der Waals surface area (Å²) >= 11 is 0. The van der Waals surface area contributed by atoms with Gasteiger partial charge in [-0.15, -0.1) is 0 Å². The number of nitrogens with one attached hydrogen (secondary N) is 1. The molecule has 0 aliphatic carbocycles. The van der Waals surface area contributed by atoms with Gasteiger partial charge in [-0.05, 0) is 24.6 Å². The molecule has 0 saturated carbocycles. The van der Waals surface area contributed by atoms with E-state index in [1.54, 1.807) is 25.1 Å². The van der Waals surface area contributed by atoms with Gasteiger partial charge >= 0.3 is 5.92 Å². The van der Waals surface area contributed by atoms with Crippen LogP contribution in [0.25, 0.3) is 0 Å². The van der Waals surface area contributed by atoms with Crippen molar-refractivity contribution in [1.29, 1.82) is 0 Å². The van der Waals surface area contributed by atoms with Crippen LogP contribution in [0, 0.1) is 5.92 Å². The normalized spacial score (nSPS) is 15.2. The molecular formula is C16H19F2NO4. The van der Waals surface area contributed by atoms with Gasteiger partial charge in [0.1, 0.15) is 13.2 Å². The van der Waals surface area contributed by atoms with Gasteiger partial charge in [0.15, 0.2) is 11.5 Å². The number of alkyl halides is 2. The number of halogens is 2. The number of ketones is 1. The van der Waals surface area contributed by atoms with E-state index in [0.29, 0.717) is 30.3 Å². The molecule has 1 aliphatic heterocycles. The molecule has 1 N–H and O–H groups in total. The molecule has 0 fully saturated rings. The van der Waals surface area contributed by atoms with Gasteiger partial charge in [-0.3, -0.25) is 9.59 Å². The molecule has 0 unspecified atom stereocenters. The van der Waals surface area contributed by atoms with E-state index in [4.69, 9.17) is 9.47 Å². The van der Waals surface area contributed by atoms with Gasteiger partial charge in [-0.1, -0.05) is 19.9 Å². The first kappa shape index (κ1) is 17.2. The molecule has 0 saturated heterocycles. The van der Waals surface area contributed by atoms with Crippen molar-refractivity contribution in [2.45, 2.75) is 32.7 Å². The van der Waals surface area contributed by atoms with E-state index in [0.717, 1.165) is 0 Å². The second-order valence-electron chi connectivity index (χ2n) is 5.69. The van der Waals surface area contributed by atoms with E-state index in [1.165, 1.54) is 13.8 Å². The Labute approximate surface area is 133 Å². The highest BCUT2D eigenvalue weighted by Crippen LogP contribution is 2.33. The van der Waals surface area contributed by atoms with Gasteiger partial charge < -0.3 is 14.8 Å². The van der Waals surface area contributed by atoms with Crippen molar-refractivity contribution in [3.8, 4) is 11.5 Å². The van der Waals surface area contributed by atoms with Crippen molar-refractivity contribution in [3.63, 3.8) is 0 Å². The lowest BCUT2D eigenvalue weighted by Gasteiger charge is -2.23. The monoisotopic (exact) mass is 327 g/mol. The Morgan fingerprint density at radius 2 is 1.74 bits per heavy atom. The van der Waals surface area contributed by atoms with Gasteiger partial charge in [0.25, 0.3) is 5.91 Å². The maximum absolute atomic E-state index is 13.8. The van der Waals surface area contributed by atoms with Gasteiger partial charge in [-0.25, -0.2) is 0 Å². The summed E-state index contributed by atoms with van der Waals surface area (Å²) in [4.78, 5) is 23.2. The fraction of sp³-hybridized carbons (Fsp3) is 0.500. The molecular weight excluding hydrogens is 308 g/mol. The van der Waals surface area contributed by atoms with Crippen LogP contribution < -0.4 is 14.8 Å². The summed E-state index contributed by atoms with van der Waals surface area (Å²) in [5.41, 5.74) is 0.579. The summed E-state index contributed by atoms with van der Waals surface area (Å²) < 4.78 is 38.4. The number of ether oxygens (including phenoxy) is 2. The molecule has 7 heteroatoms. The molecule has 0 aromatic heterocycles. The predicted octanol–water partition coefficient (Wildman–Crippen LogP) is 2.50. The smallest absolute Gasteiger partial charge is 0.381 e. The van der Waals surface area contributed by atoms with E-state index in [9.17, 15) is 18.4 Å². The fourth-order valence-corrected chi connectivity index (χ4v) is 2.17. The minimum Gasteiger partial charge on any atom is -0.486 e. The van der Waals surface area contributed by atoms with Crippen LogP contribution in [0.3, 0.4) is 0 Å². The Hall–Kier alpha value is -2.18. The largest absolute Gasteiger partial charge is 0.486 e.